The number of rotatable bonds is 10. The van der Waals surface area contributed by atoms with Crippen molar-refractivity contribution in [2.75, 3.05) is 26.8 Å². The summed E-state index contributed by atoms with van der Waals surface area (Å²) >= 11 is 0. The minimum absolute atomic E-state index is 0.228. The predicted molar refractivity (Wildman–Crippen MR) is 100 cm³/mol. The van der Waals surface area contributed by atoms with Crippen LogP contribution in [-0.2, 0) is 11.3 Å². The molecule has 2 rings (SSSR count). The fourth-order valence-electron chi connectivity index (χ4n) is 3.19. The number of hydrogen-bond donors (Lipinski definition) is 1. The number of amides is 1. The van der Waals surface area contributed by atoms with Crippen LogP contribution in [0.4, 0.5) is 0 Å². The number of ether oxygens (including phenoxy) is 2. The molecule has 5 heteroatoms. The van der Waals surface area contributed by atoms with E-state index in [9.17, 15) is 4.79 Å². The van der Waals surface area contributed by atoms with Crippen molar-refractivity contribution in [1.82, 2.24) is 10.2 Å². The number of carbonyl (C=O) groups excluding carboxylic acids is 1. The smallest absolute Gasteiger partial charge is 0.224 e. The third kappa shape index (κ3) is 5.92. The normalized spacial score (nSPS) is 16.7. The Hall–Kier alpha value is -1.75. The van der Waals surface area contributed by atoms with Crippen LogP contribution in [0, 0.1) is 0 Å². The van der Waals surface area contributed by atoms with E-state index in [4.69, 9.17) is 9.47 Å². The Morgan fingerprint density at radius 2 is 2.12 bits per heavy atom. The fourth-order valence-corrected chi connectivity index (χ4v) is 3.19. The van der Waals surface area contributed by atoms with Gasteiger partial charge in [0.05, 0.1) is 13.7 Å². The van der Waals surface area contributed by atoms with Crippen molar-refractivity contribution in [2.45, 2.75) is 58.5 Å². The maximum Gasteiger partial charge on any atom is 0.224 e. The Labute approximate surface area is 151 Å². The number of methoxy groups -OCH3 is 1. The molecule has 0 spiro atoms. The lowest BCUT2D eigenvalue weighted by Gasteiger charge is -2.24. The molecule has 1 aliphatic rings. The van der Waals surface area contributed by atoms with Crippen molar-refractivity contribution in [3.05, 3.63) is 23.8 Å². The van der Waals surface area contributed by atoms with Crippen molar-refractivity contribution in [3.63, 3.8) is 0 Å². The van der Waals surface area contributed by atoms with Gasteiger partial charge in [0, 0.05) is 25.6 Å². The molecule has 1 unspecified atom stereocenters. The molecule has 1 fully saturated rings. The van der Waals surface area contributed by atoms with Crippen LogP contribution >= 0.6 is 0 Å². The molecule has 0 bridgehead atoms. The third-order valence-electron chi connectivity index (χ3n) is 4.49. The molecule has 1 aromatic carbocycles. The molecule has 1 aromatic rings. The van der Waals surface area contributed by atoms with Crippen LogP contribution in [0.15, 0.2) is 18.2 Å². The molecule has 0 saturated carbocycles. The maximum absolute atomic E-state index is 12.7. The number of nitrogens with one attached hydrogen (secondary N) is 1. The Kier molecular flexibility index (Phi) is 8.06. The van der Waals surface area contributed by atoms with Crippen LogP contribution < -0.4 is 14.8 Å². The highest BCUT2D eigenvalue weighted by Gasteiger charge is 2.21. The Bertz CT molecular complexity index is 542. The summed E-state index contributed by atoms with van der Waals surface area (Å²) < 4.78 is 11.2. The quantitative estimate of drug-likeness (QED) is 0.704. The standard InChI is InChI=1S/C20H32N2O3/c1-4-11-22(20(23)14-17-7-6-10-21-17)15-16-8-9-18(25-12-5-2)19(13-16)24-3/h8-9,13,17,21H,4-7,10-12,14-15H2,1-3H3. The lowest BCUT2D eigenvalue weighted by Crippen LogP contribution is -2.36. The molecule has 0 aromatic heterocycles. The molecule has 0 radical (unpaired) electrons. The van der Waals surface area contributed by atoms with Crippen LogP contribution in [0.3, 0.4) is 0 Å². The van der Waals surface area contributed by atoms with Crippen LogP contribution in [0.25, 0.3) is 0 Å². The van der Waals surface area contributed by atoms with E-state index in [2.05, 4.69) is 19.2 Å². The van der Waals surface area contributed by atoms with Gasteiger partial charge >= 0.3 is 0 Å². The van der Waals surface area contributed by atoms with E-state index >= 15 is 0 Å². The number of carbonyl (C=O) groups is 1. The summed E-state index contributed by atoms with van der Waals surface area (Å²) in [6.45, 7) is 7.28. The third-order valence-corrected chi connectivity index (χ3v) is 4.49. The molecule has 1 N–H and O–H groups in total. The van der Waals surface area contributed by atoms with E-state index in [1.807, 2.05) is 23.1 Å². The first-order chi connectivity index (χ1) is 12.2. The molecule has 1 aliphatic heterocycles. The highest BCUT2D eigenvalue weighted by molar-refractivity contribution is 5.77. The van der Waals surface area contributed by atoms with Crippen molar-refractivity contribution >= 4 is 5.91 Å². The summed E-state index contributed by atoms with van der Waals surface area (Å²) in [6, 6.07) is 6.29. The molecule has 1 atom stereocenters. The van der Waals surface area contributed by atoms with Crippen LogP contribution in [0.1, 0.15) is 51.5 Å². The van der Waals surface area contributed by atoms with E-state index in [1.165, 1.54) is 6.42 Å². The topological polar surface area (TPSA) is 50.8 Å². The molecule has 1 amide bonds. The summed E-state index contributed by atoms with van der Waals surface area (Å²) in [5, 5.41) is 3.41. The Balaban J connectivity index is 2.03. The first-order valence-corrected chi connectivity index (χ1v) is 9.48. The zero-order valence-corrected chi connectivity index (χ0v) is 15.8. The molecule has 140 valence electrons. The van der Waals surface area contributed by atoms with E-state index < -0.39 is 0 Å². The first-order valence-electron chi connectivity index (χ1n) is 9.48. The highest BCUT2D eigenvalue weighted by atomic mass is 16.5. The Morgan fingerprint density at radius 3 is 2.76 bits per heavy atom. The SMILES string of the molecule is CCCOc1ccc(CN(CCC)C(=O)CC2CCCN2)cc1OC. The highest BCUT2D eigenvalue weighted by Crippen LogP contribution is 2.29. The number of nitrogens with zero attached hydrogens (tertiary/aromatic N) is 1. The molecule has 25 heavy (non-hydrogen) atoms. The van der Waals surface area contributed by atoms with Gasteiger partial charge in [-0.15, -0.1) is 0 Å². The maximum atomic E-state index is 12.7. The monoisotopic (exact) mass is 348 g/mol. The average molecular weight is 348 g/mol. The van der Waals surface area contributed by atoms with Crippen molar-refractivity contribution in [3.8, 4) is 11.5 Å². The van der Waals surface area contributed by atoms with Crippen LogP contribution in [-0.4, -0.2) is 43.7 Å². The zero-order valence-electron chi connectivity index (χ0n) is 15.8. The summed E-state index contributed by atoms with van der Waals surface area (Å²) in [5.74, 6) is 1.72. The van der Waals surface area contributed by atoms with Crippen LogP contribution in [0.2, 0.25) is 0 Å². The Morgan fingerprint density at radius 1 is 1.28 bits per heavy atom. The van der Waals surface area contributed by atoms with Gasteiger partial charge in [0.2, 0.25) is 5.91 Å². The summed E-state index contributed by atoms with van der Waals surface area (Å²) in [6.07, 6.45) is 4.78. The van der Waals surface area contributed by atoms with Crippen molar-refractivity contribution in [2.24, 2.45) is 0 Å². The van der Waals surface area contributed by atoms with Gasteiger partial charge in [0.25, 0.3) is 0 Å². The first kappa shape index (κ1) is 19.6. The molecular weight excluding hydrogens is 316 g/mol. The van der Waals surface area contributed by atoms with Crippen molar-refractivity contribution < 1.29 is 14.3 Å². The molecular formula is C20H32N2O3. The average Bonchev–Trinajstić information content (AvgIpc) is 3.13. The van der Waals surface area contributed by atoms with Crippen molar-refractivity contribution in [1.29, 1.82) is 0 Å². The van der Waals surface area contributed by atoms with Gasteiger partial charge in [-0.1, -0.05) is 19.9 Å². The fraction of sp³-hybridized carbons (Fsp3) is 0.650. The van der Waals surface area contributed by atoms with E-state index in [0.29, 0.717) is 25.6 Å². The summed E-state index contributed by atoms with van der Waals surface area (Å²) in [4.78, 5) is 14.6. The van der Waals surface area contributed by atoms with Gasteiger partial charge < -0.3 is 19.7 Å². The second-order valence-corrected chi connectivity index (χ2v) is 6.65. The van der Waals surface area contributed by atoms with Gasteiger partial charge in [-0.3, -0.25) is 4.79 Å². The van der Waals surface area contributed by atoms with Gasteiger partial charge in [-0.25, -0.2) is 0 Å². The summed E-state index contributed by atoms with van der Waals surface area (Å²) in [7, 11) is 1.65. The minimum Gasteiger partial charge on any atom is -0.493 e. The van der Waals surface area contributed by atoms with E-state index in [-0.39, 0.29) is 5.91 Å². The minimum atomic E-state index is 0.228. The van der Waals surface area contributed by atoms with Crippen LogP contribution in [0.5, 0.6) is 11.5 Å². The largest absolute Gasteiger partial charge is 0.493 e. The molecule has 1 saturated heterocycles. The van der Waals surface area contributed by atoms with Gasteiger partial charge in [0.15, 0.2) is 11.5 Å². The van der Waals surface area contributed by atoms with Gasteiger partial charge in [0.1, 0.15) is 0 Å². The zero-order chi connectivity index (χ0) is 18.1. The van der Waals surface area contributed by atoms with E-state index in [0.717, 1.165) is 49.4 Å². The predicted octanol–water partition coefficient (Wildman–Crippen LogP) is 3.36. The van der Waals surface area contributed by atoms with Gasteiger partial charge in [-0.2, -0.15) is 0 Å². The molecule has 0 aliphatic carbocycles. The van der Waals surface area contributed by atoms with E-state index in [1.54, 1.807) is 7.11 Å². The van der Waals surface area contributed by atoms with Gasteiger partial charge in [-0.05, 0) is 49.9 Å². The molecule has 5 nitrogen and oxygen atoms in total. The number of benzene rings is 1. The lowest BCUT2D eigenvalue weighted by atomic mass is 10.1. The molecule has 1 heterocycles. The second kappa shape index (κ2) is 10.3. The lowest BCUT2D eigenvalue weighted by molar-refractivity contribution is -0.132. The summed E-state index contributed by atoms with van der Waals surface area (Å²) in [5.41, 5.74) is 1.07. The number of hydrogen-bond acceptors (Lipinski definition) is 4. The second-order valence-electron chi connectivity index (χ2n) is 6.65.